The van der Waals surface area contributed by atoms with Gasteiger partial charge in [0.05, 0.1) is 20.3 Å². The first-order valence-electron chi connectivity index (χ1n) is 12.2. The Morgan fingerprint density at radius 2 is 1.68 bits per heavy atom. The minimum atomic E-state index is -2.27. The van der Waals surface area contributed by atoms with E-state index in [1.165, 1.54) is 19.1 Å². The Morgan fingerprint density at radius 3 is 2.23 bits per heavy atom. The predicted molar refractivity (Wildman–Crippen MR) is 154 cm³/mol. The molecule has 0 saturated carbocycles. The van der Waals surface area contributed by atoms with Crippen molar-refractivity contribution in [3.05, 3.63) is 47.0 Å². The quantitative estimate of drug-likeness (QED) is 0.297. The van der Waals surface area contributed by atoms with Gasteiger partial charge in [-0.05, 0) is 53.5 Å². The molecule has 2 aromatic carbocycles. The number of ether oxygens (including phenoxy) is 4. The highest BCUT2D eigenvalue weighted by Crippen LogP contribution is 2.48. The summed E-state index contributed by atoms with van der Waals surface area (Å²) >= 11 is 0. The zero-order valence-corrected chi connectivity index (χ0v) is 26.6. The molecule has 14 heteroatoms. The van der Waals surface area contributed by atoms with E-state index in [4.69, 9.17) is 27.6 Å². The Balaban J connectivity index is 0.00000103. The van der Waals surface area contributed by atoms with Crippen molar-refractivity contribution in [2.45, 2.75) is 50.9 Å². The molecular weight excluding hydrogens is 601 g/mol. The second-order valence-corrected chi connectivity index (χ2v) is 18.0. The highest BCUT2D eigenvalue weighted by atomic mass is 36.0. The molecule has 0 saturated heterocycles. The smallest absolute Gasteiger partial charge is 0.313 e. The number of halogens is 2. The number of hydrogen-bond acceptors (Lipinski definition) is 8. The maximum atomic E-state index is 14.0. The van der Waals surface area contributed by atoms with Crippen molar-refractivity contribution >= 4 is 50.8 Å². The summed E-state index contributed by atoms with van der Waals surface area (Å²) in [5.41, 5.74) is 1.21. The van der Waals surface area contributed by atoms with E-state index < -0.39 is 35.5 Å². The molecule has 1 amide bonds. The zero-order chi connectivity index (χ0) is 30.0. The average Bonchev–Trinajstić information content (AvgIpc) is 3.34. The molecule has 0 fully saturated rings. The first-order valence-corrected chi connectivity index (χ1v) is 17.9. The molecule has 40 heavy (non-hydrogen) atoms. The Kier molecular flexibility index (Phi) is 10.0. The molecule has 1 N–H and O–H groups in total. The fraction of sp³-hybridized carbons (Fsp3) is 0.462. The van der Waals surface area contributed by atoms with Crippen molar-refractivity contribution in [3.8, 4) is 23.0 Å². The summed E-state index contributed by atoms with van der Waals surface area (Å²) < 4.78 is 37.3. The van der Waals surface area contributed by atoms with Gasteiger partial charge in [0.15, 0.2) is 31.3 Å². The lowest BCUT2D eigenvalue weighted by Gasteiger charge is -2.44. The van der Waals surface area contributed by atoms with Crippen molar-refractivity contribution in [1.29, 1.82) is 0 Å². The van der Waals surface area contributed by atoms with Crippen molar-refractivity contribution in [2.75, 3.05) is 27.7 Å². The maximum Gasteiger partial charge on any atom is 0.313 e. The molecule has 0 radical (unpaired) electrons. The van der Waals surface area contributed by atoms with E-state index in [0.717, 1.165) is 0 Å². The highest BCUT2D eigenvalue weighted by molar-refractivity contribution is 8.26. The number of aliphatic carboxylic acids is 1. The van der Waals surface area contributed by atoms with Gasteiger partial charge in [0, 0.05) is 26.9 Å². The van der Waals surface area contributed by atoms with Gasteiger partial charge in [-0.3, -0.25) is 9.59 Å². The van der Waals surface area contributed by atoms with E-state index in [1.807, 2.05) is 0 Å². The first-order chi connectivity index (χ1) is 18.6. The normalized spacial score (nSPS) is 18.1. The zero-order valence-electron chi connectivity index (χ0n) is 23.3. The third-order valence-corrected chi connectivity index (χ3v) is 11.9. The van der Waals surface area contributed by atoms with Gasteiger partial charge in [-0.15, -0.1) is 0 Å². The van der Waals surface area contributed by atoms with Crippen molar-refractivity contribution in [2.24, 2.45) is 0 Å². The van der Waals surface area contributed by atoms with Crippen LogP contribution in [0.4, 0.5) is 0 Å². The maximum absolute atomic E-state index is 14.0. The number of carboxylic acids is 1. The number of hydrogen-bond donors (Lipinski definition) is 1. The van der Waals surface area contributed by atoms with Crippen molar-refractivity contribution in [3.63, 3.8) is 0 Å². The van der Waals surface area contributed by atoms with Crippen LogP contribution in [0.1, 0.15) is 54.2 Å². The van der Waals surface area contributed by atoms with E-state index >= 15 is 0 Å². The van der Waals surface area contributed by atoms with E-state index in [2.05, 4.69) is 55.2 Å². The van der Waals surface area contributed by atoms with E-state index in [-0.39, 0.29) is 30.0 Å². The highest BCUT2D eigenvalue weighted by Gasteiger charge is 2.47. The number of methoxy groups -OCH3 is 2. The molecule has 0 spiro atoms. The minimum absolute atomic E-state index is 0.0496. The van der Waals surface area contributed by atoms with Crippen molar-refractivity contribution in [1.82, 2.24) is 4.90 Å². The Bertz CT molecular complexity index is 1300. The number of carboxylic acid groups (broad SMARTS) is 1. The molecule has 0 aromatic heterocycles. The number of fused-ring (bicyclic) bond motifs is 2. The van der Waals surface area contributed by atoms with Crippen LogP contribution in [0.5, 0.6) is 23.0 Å². The second kappa shape index (κ2) is 12.6. The van der Waals surface area contributed by atoms with Gasteiger partial charge in [0.1, 0.15) is 12.6 Å². The van der Waals surface area contributed by atoms with Crippen LogP contribution < -0.4 is 18.9 Å². The van der Waals surface area contributed by atoms with Gasteiger partial charge < -0.3 is 33.4 Å². The summed E-state index contributed by atoms with van der Waals surface area (Å²) in [6, 6.07) is 7.52. The average molecular weight is 635 g/mol. The summed E-state index contributed by atoms with van der Waals surface area (Å²) in [7, 11) is 8.03. The van der Waals surface area contributed by atoms with Crippen LogP contribution in [-0.4, -0.2) is 62.2 Å². The lowest BCUT2D eigenvalue weighted by atomic mass is 9.79. The summed E-state index contributed by atoms with van der Waals surface area (Å²) in [4.78, 5) is 28.3. The summed E-state index contributed by atoms with van der Waals surface area (Å²) in [6.45, 7) is 10.5. The molecule has 2 atom stereocenters. The van der Waals surface area contributed by atoms with E-state index in [0.29, 0.717) is 34.1 Å². The summed E-state index contributed by atoms with van der Waals surface area (Å²) in [6.07, 6.45) is 0. The molecule has 2 aliphatic heterocycles. The second-order valence-electron chi connectivity index (χ2n) is 10.7. The predicted octanol–water partition coefficient (Wildman–Crippen LogP) is 5.82. The third-order valence-electron chi connectivity index (χ3n) is 7.41. The molecule has 2 aliphatic rings. The van der Waals surface area contributed by atoms with Gasteiger partial charge >= 0.3 is 5.97 Å². The van der Waals surface area contributed by atoms with Gasteiger partial charge in [-0.1, -0.05) is 26.8 Å². The SMILES string of the molecule is COc1cc2c(cc1OC)[C@@H](C(=O)O)C(c1ccc3c(c1)OCO3)N(CO[Si](C)(C)C(C)(C)C)C2=O.O=S(Cl)Cl. The Labute approximate surface area is 246 Å². The molecule has 0 aliphatic carbocycles. The molecule has 4 rings (SSSR count). The van der Waals surface area contributed by atoms with Crippen LogP contribution in [0.3, 0.4) is 0 Å². The summed E-state index contributed by atoms with van der Waals surface area (Å²) in [5, 5.41) is 10.4. The number of carbonyl (C=O) groups excluding carboxylic acids is 1. The fourth-order valence-electron chi connectivity index (χ4n) is 4.29. The molecule has 2 heterocycles. The first kappa shape index (κ1) is 32.0. The van der Waals surface area contributed by atoms with Gasteiger partial charge in [-0.25, -0.2) is 4.21 Å². The number of carbonyl (C=O) groups is 2. The van der Waals surface area contributed by atoms with Crippen LogP contribution in [0.25, 0.3) is 0 Å². The molecule has 220 valence electrons. The van der Waals surface area contributed by atoms with Crippen molar-refractivity contribution < 1.29 is 42.3 Å². The lowest BCUT2D eigenvalue weighted by molar-refractivity contribution is -0.141. The standard InChI is InChI=1S/C26H33NO8Si.Cl2OS/c1-26(2,3)36(6,7)35-13-27-23(15-8-9-18-21(10-15)34-14-33-18)22(25(29)30)16-11-19(31-4)20(32-5)12-17(16)24(27)28;1-4(2)3/h8-12,22-23H,13-14H2,1-7H3,(H,29,30);/t22-,23?;/m1./s1. The van der Waals surface area contributed by atoms with E-state index in [9.17, 15) is 14.7 Å². The van der Waals surface area contributed by atoms with Gasteiger partial charge in [0.25, 0.3) is 5.91 Å². The number of amides is 1. The van der Waals surface area contributed by atoms with Crippen LogP contribution in [0, 0.1) is 0 Å². The van der Waals surface area contributed by atoms with Gasteiger partial charge in [0.2, 0.25) is 16.0 Å². The van der Waals surface area contributed by atoms with Crippen LogP contribution in [-0.2, 0) is 18.4 Å². The van der Waals surface area contributed by atoms with E-state index in [1.54, 1.807) is 30.3 Å². The monoisotopic (exact) mass is 633 g/mol. The van der Waals surface area contributed by atoms with Crippen LogP contribution >= 0.6 is 21.4 Å². The molecule has 0 bridgehead atoms. The summed E-state index contributed by atoms with van der Waals surface area (Å²) in [5.74, 6) is -0.718. The largest absolute Gasteiger partial charge is 0.493 e. The van der Waals surface area contributed by atoms with Crippen LogP contribution in [0.15, 0.2) is 30.3 Å². The molecule has 1 unspecified atom stereocenters. The van der Waals surface area contributed by atoms with Crippen LogP contribution in [0.2, 0.25) is 18.1 Å². The van der Waals surface area contributed by atoms with Gasteiger partial charge in [-0.2, -0.15) is 0 Å². The lowest BCUT2D eigenvalue weighted by Crippen LogP contribution is -2.50. The Hall–Kier alpha value is -2.51. The minimum Gasteiger partial charge on any atom is -0.493 e. The third kappa shape index (κ3) is 6.68. The Morgan fingerprint density at radius 1 is 1.10 bits per heavy atom. The number of rotatable bonds is 7. The number of benzene rings is 2. The topological polar surface area (TPSA) is 121 Å². The fourth-order valence-corrected chi connectivity index (χ4v) is 5.19. The number of nitrogens with zero attached hydrogens (tertiary/aromatic N) is 1. The molecule has 2 aromatic rings. The molecule has 10 nitrogen and oxygen atoms in total. The molecular formula is C26H33Cl2NO9SSi.